The molecule has 0 spiro atoms. The Morgan fingerprint density at radius 2 is 1.96 bits per heavy atom. The SMILES string of the molecule is C=C[C@@]1(C)C[C@@H](NS(=O)(=O)c2ccc(C)cc2)c2cc(Br)ccc2O1. The molecule has 1 heterocycles. The molecule has 0 aromatic heterocycles. The highest BCUT2D eigenvalue weighted by molar-refractivity contribution is 9.10. The van der Waals surface area contributed by atoms with Gasteiger partial charge in [-0.25, -0.2) is 13.1 Å². The molecule has 0 bridgehead atoms. The van der Waals surface area contributed by atoms with Crippen molar-refractivity contribution in [3.05, 3.63) is 70.7 Å². The first-order valence-corrected chi connectivity index (χ1v) is 10.2. The molecular weight excluding hydrogens is 402 g/mol. The van der Waals surface area contributed by atoms with Crippen LogP contribution in [0.1, 0.15) is 30.5 Å². The molecule has 2 aromatic carbocycles. The standard InChI is InChI=1S/C19H20BrNO3S/c1-4-19(3)12-17(16-11-14(20)7-10-18(16)24-19)21-25(22,23)15-8-5-13(2)6-9-15/h4-11,17,21H,1,12H2,2-3H3/t17-,19+/m1/s1. The maximum atomic E-state index is 12.8. The van der Waals surface area contributed by atoms with Crippen LogP contribution >= 0.6 is 15.9 Å². The lowest BCUT2D eigenvalue weighted by molar-refractivity contribution is 0.0987. The van der Waals surface area contributed by atoms with Crippen molar-refractivity contribution in [1.29, 1.82) is 0 Å². The normalized spacial score (nSPS) is 22.8. The van der Waals surface area contributed by atoms with Crippen LogP contribution in [0, 0.1) is 6.92 Å². The number of benzene rings is 2. The van der Waals surface area contributed by atoms with Gasteiger partial charge in [0, 0.05) is 16.5 Å². The zero-order valence-electron chi connectivity index (χ0n) is 14.1. The summed E-state index contributed by atoms with van der Waals surface area (Å²) in [5.74, 6) is 0.661. The van der Waals surface area contributed by atoms with Crippen molar-refractivity contribution in [2.24, 2.45) is 0 Å². The van der Waals surface area contributed by atoms with Crippen LogP contribution in [-0.4, -0.2) is 14.0 Å². The fourth-order valence-electron chi connectivity index (χ4n) is 2.90. The molecule has 1 aliphatic heterocycles. The molecule has 0 unspecified atom stereocenters. The zero-order chi connectivity index (χ0) is 18.2. The van der Waals surface area contributed by atoms with E-state index in [1.54, 1.807) is 30.3 Å². The van der Waals surface area contributed by atoms with Gasteiger partial charge in [0.05, 0.1) is 10.9 Å². The summed E-state index contributed by atoms with van der Waals surface area (Å²) < 4.78 is 35.3. The lowest BCUT2D eigenvalue weighted by Gasteiger charge is -2.38. The highest BCUT2D eigenvalue weighted by Crippen LogP contribution is 2.41. The van der Waals surface area contributed by atoms with Crippen molar-refractivity contribution in [2.45, 2.75) is 36.8 Å². The van der Waals surface area contributed by atoms with Crippen LogP contribution in [0.3, 0.4) is 0 Å². The summed E-state index contributed by atoms with van der Waals surface area (Å²) in [5, 5.41) is 0. The molecule has 0 saturated heterocycles. The largest absolute Gasteiger partial charge is 0.483 e. The van der Waals surface area contributed by atoms with Crippen LogP contribution < -0.4 is 9.46 Å². The highest BCUT2D eigenvalue weighted by Gasteiger charge is 2.37. The fraction of sp³-hybridized carbons (Fsp3) is 0.263. The van der Waals surface area contributed by atoms with E-state index in [0.717, 1.165) is 15.6 Å². The van der Waals surface area contributed by atoms with Crippen LogP contribution in [0.25, 0.3) is 0 Å². The molecule has 1 aliphatic rings. The van der Waals surface area contributed by atoms with Crippen LogP contribution in [0.2, 0.25) is 0 Å². The number of nitrogens with one attached hydrogen (secondary N) is 1. The van der Waals surface area contributed by atoms with Gasteiger partial charge in [-0.2, -0.15) is 0 Å². The minimum absolute atomic E-state index is 0.251. The first-order valence-electron chi connectivity index (χ1n) is 7.93. The smallest absolute Gasteiger partial charge is 0.241 e. The van der Waals surface area contributed by atoms with Gasteiger partial charge < -0.3 is 4.74 Å². The molecule has 0 radical (unpaired) electrons. The van der Waals surface area contributed by atoms with Crippen molar-refractivity contribution in [3.8, 4) is 5.75 Å². The molecule has 2 atom stereocenters. The number of hydrogen-bond acceptors (Lipinski definition) is 3. The van der Waals surface area contributed by atoms with Crippen LogP contribution in [-0.2, 0) is 10.0 Å². The van der Waals surface area contributed by atoms with Gasteiger partial charge in [0.2, 0.25) is 10.0 Å². The molecular formula is C19H20BrNO3S. The van der Waals surface area contributed by atoms with Gasteiger partial charge >= 0.3 is 0 Å². The van der Waals surface area contributed by atoms with E-state index < -0.39 is 21.7 Å². The van der Waals surface area contributed by atoms with Gasteiger partial charge in [0.15, 0.2) is 0 Å². The van der Waals surface area contributed by atoms with Crippen molar-refractivity contribution in [3.63, 3.8) is 0 Å². The van der Waals surface area contributed by atoms with E-state index in [4.69, 9.17) is 4.74 Å². The number of aryl methyl sites for hydroxylation is 1. The predicted octanol–water partition coefficient (Wildman–Crippen LogP) is 4.50. The van der Waals surface area contributed by atoms with Gasteiger partial charge in [-0.3, -0.25) is 0 Å². The number of fused-ring (bicyclic) bond motifs is 1. The average molecular weight is 422 g/mol. The third kappa shape index (κ3) is 3.81. The predicted molar refractivity (Wildman–Crippen MR) is 102 cm³/mol. The summed E-state index contributed by atoms with van der Waals surface area (Å²) in [6.07, 6.45) is 2.18. The highest BCUT2D eigenvalue weighted by atomic mass is 79.9. The maximum Gasteiger partial charge on any atom is 0.241 e. The van der Waals surface area contributed by atoms with Crippen molar-refractivity contribution in [2.75, 3.05) is 0 Å². The maximum absolute atomic E-state index is 12.8. The van der Waals surface area contributed by atoms with E-state index in [-0.39, 0.29) is 4.90 Å². The third-order valence-corrected chi connectivity index (χ3v) is 6.34. The lowest BCUT2D eigenvalue weighted by Crippen LogP contribution is -2.41. The Hall–Kier alpha value is -1.63. The lowest BCUT2D eigenvalue weighted by atomic mass is 9.89. The molecule has 1 N–H and O–H groups in total. The van der Waals surface area contributed by atoms with Gasteiger partial charge in [-0.05, 0) is 50.3 Å². The van der Waals surface area contributed by atoms with Gasteiger partial charge in [-0.15, -0.1) is 0 Å². The molecule has 0 saturated carbocycles. The Morgan fingerprint density at radius 1 is 1.28 bits per heavy atom. The number of ether oxygens (including phenoxy) is 1. The fourth-order valence-corrected chi connectivity index (χ4v) is 4.49. The number of hydrogen-bond donors (Lipinski definition) is 1. The molecule has 25 heavy (non-hydrogen) atoms. The number of sulfonamides is 1. The van der Waals surface area contributed by atoms with E-state index in [2.05, 4.69) is 27.2 Å². The number of rotatable bonds is 4. The second-order valence-electron chi connectivity index (χ2n) is 6.49. The van der Waals surface area contributed by atoms with E-state index in [9.17, 15) is 8.42 Å². The molecule has 3 rings (SSSR count). The summed E-state index contributed by atoms with van der Waals surface area (Å²) >= 11 is 3.44. The Bertz CT molecular complexity index is 909. The minimum Gasteiger partial charge on any atom is -0.483 e. The minimum atomic E-state index is -3.65. The molecule has 2 aromatic rings. The summed E-state index contributed by atoms with van der Waals surface area (Å²) in [7, 11) is -3.65. The Balaban J connectivity index is 1.99. The quantitative estimate of drug-likeness (QED) is 0.738. The van der Waals surface area contributed by atoms with E-state index in [0.29, 0.717) is 12.2 Å². The van der Waals surface area contributed by atoms with Crippen molar-refractivity contribution < 1.29 is 13.2 Å². The summed E-state index contributed by atoms with van der Waals surface area (Å²) in [6, 6.07) is 12.0. The summed E-state index contributed by atoms with van der Waals surface area (Å²) in [4.78, 5) is 0.251. The average Bonchev–Trinajstić information content (AvgIpc) is 2.56. The van der Waals surface area contributed by atoms with Gasteiger partial charge in [0.1, 0.15) is 11.4 Å². The molecule has 0 fully saturated rings. The topological polar surface area (TPSA) is 55.4 Å². The monoisotopic (exact) mass is 421 g/mol. The Kier molecular flexibility index (Phi) is 4.79. The first kappa shape index (κ1) is 18.2. The van der Waals surface area contributed by atoms with Gasteiger partial charge in [-0.1, -0.05) is 40.2 Å². The van der Waals surface area contributed by atoms with E-state index in [1.165, 1.54) is 0 Å². The molecule has 4 nitrogen and oxygen atoms in total. The second-order valence-corrected chi connectivity index (χ2v) is 9.12. The third-order valence-electron chi connectivity index (χ3n) is 4.36. The number of halogens is 1. The Labute approximate surface area is 157 Å². The molecule has 0 amide bonds. The van der Waals surface area contributed by atoms with Crippen molar-refractivity contribution in [1.82, 2.24) is 4.72 Å². The van der Waals surface area contributed by atoms with Gasteiger partial charge in [0.25, 0.3) is 0 Å². The molecule has 6 heteroatoms. The molecule has 132 valence electrons. The zero-order valence-corrected chi connectivity index (χ0v) is 16.5. The van der Waals surface area contributed by atoms with Crippen LogP contribution in [0.15, 0.2) is 64.5 Å². The van der Waals surface area contributed by atoms with Crippen LogP contribution in [0.4, 0.5) is 0 Å². The summed E-state index contributed by atoms with van der Waals surface area (Å²) in [6.45, 7) is 7.66. The van der Waals surface area contributed by atoms with Crippen molar-refractivity contribution >= 4 is 26.0 Å². The van der Waals surface area contributed by atoms with E-state index >= 15 is 0 Å². The Morgan fingerprint density at radius 3 is 2.60 bits per heavy atom. The summed E-state index contributed by atoms with van der Waals surface area (Å²) in [5.41, 5.74) is 1.18. The molecule has 0 aliphatic carbocycles. The second kappa shape index (κ2) is 6.59. The first-order chi connectivity index (χ1) is 11.7. The van der Waals surface area contributed by atoms with E-state index in [1.807, 2.05) is 32.0 Å². The van der Waals surface area contributed by atoms with Crippen LogP contribution in [0.5, 0.6) is 5.75 Å².